The number of aryl methyl sites for hydroxylation is 1. The van der Waals surface area contributed by atoms with Crippen molar-refractivity contribution in [3.63, 3.8) is 0 Å². The van der Waals surface area contributed by atoms with Crippen LogP contribution in [0.5, 0.6) is 11.5 Å². The van der Waals surface area contributed by atoms with Crippen LogP contribution in [0.25, 0.3) is 11.0 Å². The number of alkyl halides is 3. The smallest absolute Gasteiger partial charge is 0.416 e. The molecule has 12 heteroatoms. The summed E-state index contributed by atoms with van der Waals surface area (Å²) in [5.41, 5.74) is -0.220. The van der Waals surface area contributed by atoms with E-state index in [1.54, 1.807) is 41.9 Å². The lowest BCUT2D eigenvalue weighted by Crippen LogP contribution is -2.21. The topological polar surface area (TPSA) is 101 Å². The highest BCUT2D eigenvalue weighted by molar-refractivity contribution is 5.92. The summed E-state index contributed by atoms with van der Waals surface area (Å²) in [6.07, 6.45) is 0.0261. The van der Waals surface area contributed by atoms with Crippen molar-refractivity contribution in [3.05, 3.63) is 66.1 Å². The quantitative estimate of drug-likeness (QED) is 0.217. The molecule has 4 aromatic rings. The van der Waals surface area contributed by atoms with E-state index in [9.17, 15) is 22.4 Å². The Morgan fingerprint density at radius 1 is 1.12 bits per heavy atom. The molecule has 3 N–H and O–H groups in total. The molecule has 8 nitrogen and oxygen atoms in total. The van der Waals surface area contributed by atoms with Crippen LogP contribution in [0.3, 0.4) is 0 Å². The molecule has 2 aromatic heterocycles. The summed E-state index contributed by atoms with van der Waals surface area (Å²) >= 11 is 0. The van der Waals surface area contributed by atoms with Crippen molar-refractivity contribution in [3.8, 4) is 11.5 Å². The van der Waals surface area contributed by atoms with Crippen LogP contribution in [-0.2, 0) is 18.0 Å². The summed E-state index contributed by atoms with van der Waals surface area (Å²) < 4.78 is 61.1. The first-order valence-corrected chi connectivity index (χ1v) is 12.8. The van der Waals surface area contributed by atoms with E-state index in [1.807, 2.05) is 0 Å². The van der Waals surface area contributed by atoms with Crippen molar-refractivity contribution in [1.29, 1.82) is 0 Å². The van der Waals surface area contributed by atoms with Gasteiger partial charge < -0.3 is 25.0 Å². The summed E-state index contributed by atoms with van der Waals surface area (Å²) in [7, 11) is 1.65. The molecule has 0 radical (unpaired) electrons. The second-order valence-corrected chi connectivity index (χ2v) is 9.82. The highest BCUT2D eigenvalue weighted by Crippen LogP contribution is 2.35. The molecule has 2 atom stereocenters. The van der Waals surface area contributed by atoms with E-state index in [-0.39, 0.29) is 30.1 Å². The van der Waals surface area contributed by atoms with Crippen LogP contribution in [0.15, 0.2) is 54.7 Å². The number of aliphatic hydroxyl groups excluding tert-OH is 1. The maximum Gasteiger partial charge on any atom is 0.416 e. The lowest BCUT2D eigenvalue weighted by molar-refractivity contribution is -0.137. The predicted molar refractivity (Wildman–Crippen MR) is 141 cm³/mol. The lowest BCUT2D eigenvalue weighted by atomic mass is 10.0. The maximum absolute atomic E-state index is 14.3. The number of anilines is 3. The first-order valence-electron chi connectivity index (χ1n) is 12.8. The number of rotatable bonds is 8. The van der Waals surface area contributed by atoms with Crippen molar-refractivity contribution in [2.24, 2.45) is 18.9 Å². The first kappa shape index (κ1) is 27.4. The largest absolute Gasteiger partial charge is 0.457 e. The van der Waals surface area contributed by atoms with Crippen molar-refractivity contribution in [2.45, 2.75) is 31.9 Å². The van der Waals surface area contributed by atoms with Gasteiger partial charge in [0.1, 0.15) is 23.1 Å². The summed E-state index contributed by atoms with van der Waals surface area (Å²) in [6.45, 7) is 0.121. The van der Waals surface area contributed by atoms with Gasteiger partial charge >= 0.3 is 6.18 Å². The van der Waals surface area contributed by atoms with Crippen molar-refractivity contribution in [2.75, 3.05) is 17.2 Å². The number of hydrogen-bond acceptors (Lipinski definition) is 6. The molecule has 2 aromatic carbocycles. The first-order chi connectivity index (χ1) is 19.1. The van der Waals surface area contributed by atoms with E-state index >= 15 is 0 Å². The van der Waals surface area contributed by atoms with Gasteiger partial charge in [-0.2, -0.15) is 13.2 Å². The molecule has 1 aliphatic rings. The number of pyridine rings is 1. The van der Waals surface area contributed by atoms with Crippen LogP contribution >= 0.6 is 0 Å². The third kappa shape index (κ3) is 6.01. The molecule has 40 heavy (non-hydrogen) atoms. The number of imidazole rings is 1. The van der Waals surface area contributed by atoms with Gasteiger partial charge in [0, 0.05) is 37.9 Å². The maximum atomic E-state index is 14.3. The minimum Gasteiger partial charge on any atom is -0.457 e. The molecule has 1 unspecified atom stereocenters. The Labute approximate surface area is 227 Å². The number of carbonyl (C=O) groups excluding carboxylic acids is 1. The molecular formula is C28H27F4N5O3. The minimum absolute atomic E-state index is 0.114. The molecule has 1 amide bonds. The Bertz CT molecular complexity index is 1540. The molecule has 0 saturated heterocycles. The minimum atomic E-state index is -4.61. The molecule has 0 aliphatic heterocycles. The summed E-state index contributed by atoms with van der Waals surface area (Å²) in [5, 5.41) is 14.6. The van der Waals surface area contributed by atoms with Crippen LogP contribution in [0.2, 0.25) is 0 Å². The third-order valence-corrected chi connectivity index (χ3v) is 7.06. The van der Waals surface area contributed by atoms with E-state index in [4.69, 9.17) is 9.84 Å². The molecular weight excluding hydrogens is 530 g/mol. The fourth-order valence-electron chi connectivity index (χ4n) is 4.94. The van der Waals surface area contributed by atoms with Gasteiger partial charge in [0.15, 0.2) is 0 Å². The number of ether oxygens (including phenoxy) is 1. The molecule has 5 rings (SSSR count). The summed E-state index contributed by atoms with van der Waals surface area (Å²) in [5.74, 6) is 0.614. The Kier molecular flexibility index (Phi) is 7.61. The molecule has 210 valence electrons. The zero-order valence-electron chi connectivity index (χ0n) is 21.5. The zero-order chi connectivity index (χ0) is 28.4. The van der Waals surface area contributed by atoms with E-state index in [1.165, 1.54) is 6.20 Å². The van der Waals surface area contributed by atoms with Crippen LogP contribution in [0, 0.1) is 17.7 Å². The highest BCUT2D eigenvalue weighted by Gasteiger charge is 2.31. The van der Waals surface area contributed by atoms with Gasteiger partial charge in [-0.05, 0) is 68.0 Å². The van der Waals surface area contributed by atoms with E-state index in [0.717, 1.165) is 25.3 Å². The van der Waals surface area contributed by atoms with Gasteiger partial charge in [-0.3, -0.25) is 4.79 Å². The summed E-state index contributed by atoms with van der Waals surface area (Å²) in [4.78, 5) is 21.3. The Balaban J connectivity index is 1.29. The number of aromatic nitrogens is 3. The number of aliphatic hydroxyl groups is 1. The van der Waals surface area contributed by atoms with Gasteiger partial charge in [-0.15, -0.1) is 0 Å². The predicted octanol–water partition coefficient (Wildman–Crippen LogP) is 6.40. The van der Waals surface area contributed by atoms with Gasteiger partial charge in [-0.25, -0.2) is 14.4 Å². The number of amides is 1. The zero-order valence-corrected chi connectivity index (χ0v) is 21.5. The number of benzene rings is 2. The van der Waals surface area contributed by atoms with Crippen LogP contribution in [0.1, 0.15) is 31.2 Å². The molecule has 1 aliphatic carbocycles. The molecule has 0 bridgehead atoms. The fourth-order valence-corrected chi connectivity index (χ4v) is 4.94. The number of nitrogens with zero attached hydrogens (tertiary/aromatic N) is 3. The number of carbonyl (C=O) groups is 1. The highest BCUT2D eigenvalue weighted by atomic mass is 19.4. The van der Waals surface area contributed by atoms with E-state index < -0.39 is 17.6 Å². The Morgan fingerprint density at radius 3 is 2.70 bits per heavy atom. The van der Waals surface area contributed by atoms with Crippen LogP contribution in [0.4, 0.5) is 35.0 Å². The standard InChI is InChI=1S/C28H27F4N5O3/c1-37-24-7-5-19(14-23(24)35-27(37)34-22-13-18(28(30,31)32)4-6-21(22)29)40-20-8-10-33-25(15-20)36-26(39)17-3-2-16(12-17)9-11-38/h4-8,10,13-17,38H,2-3,9,11-12H2,1H3,(H,34,35)(H,33,36,39)/t16?,17-/m0/s1. The molecule has 2 heterocycles. The lowest BCUT2D eigenvalue weighted by Gasteiger charge is -2.12. The normalized spacial score (nSPS) is 17.2. The second-order valence-electron chi connectivity index (χ2n) is 9.82. The fraction of sp³-hybridized carbons (Fsp3) is 0.321. The van der Waals surface area contributed by atoms with Gasteiger partial charge in [0.25, 0.3) is 0 Å². The van der Waals surface area contributed by atoms with E-state index in [2.05, 4.69) is 20.6 Å². The number of nitrogens with one attached hydrogen (secondary N) is 2. The average Bonchev–Trinajstić information content (AvgIpc) is 3.49. The monoisotopic (exact) mass is 557 g/mol. The van der Waals surface area contributed by atoms with Gasteiger partial charge in [0.2, 0.25) is 11.9 Å². The number of halogens is 4. The summed E-state index contributed by atoms with van der Waals surface area (Å²) in [6, 6.07) is 10.4. The SMILES string of the molecule is Cn1c(Nc2cc(C(F)(F)F)ccc2F)nc2cc(Oc3ccnc(NC(=O)[C@H]4CCC(CCO)C4)c3)ccc21. The van der Waals surface area contributed by atoms with Gasteiger partial charge in [-0.1, -0.05) is 0 Å². The van der Waals surface area contributed by atoms with E-state index in [0.29, 0.717) is 52.8 Å². The van der Waals surface area contributed by atoms with Crippen molar-refractivity contribution in [1.82, 2.24) is 14.5 Å². The average molecular weight is 558 g/mol. The van der Waals surface area contributed by atoms with Crippen LogP contribution < -0.4 is 15.4 Å². The Hall–Kier alpha value is -4.19. The molecule has 1 saturated carbocycles. The number of hydrogen-bond donors (Lipinski definition) is 3. The Morgan fingerprint density at radius 2 is 1.93 bits per heavy atom. The third-order valence-electron chi connectivity index (χ3n) is 7.06. The van der Waals surface area contributed by atoms with Crippen LogP contribution in [-0.4, -0.2) is 32.2 Å². The van der Waals surface area contributed by atoms with Gasteiger partial charge in [0.05, 0.1) is 22.3 Å². The molecule has 1 fully saturated rings. The van der Waals surface area contributed by atoms with Crippen molar-refractivity contribution >= 4 is 34.4 Å². The second kappa shape index (κ2) is 11.1. The molecule has 0 spiro atoms. The number of fused-ring (bicyclic) bond motifs is 1. The van der Waals surface area contributed by atoms with Crippen molar-refractivity contribution < 1.29 is 32.2 Å².